The molecular formula is C16H28N2O3. The molecule has 0 aromatic rings. The molecule has 5 nitrogen and oxygen atoms in total. The molecule has 0 radical (unpaired) electrons. The van der Waals surface area contributed by atoms with E-state index in [4.69, 9.17) is 9.47 Å². The Balaban J connectivity index is 1.36. The molecule has 0 N–H and O–H groups in total. The highest BCUT2D eigenvalue weighted by Crippen LogP contribution is 2.22. The minimum absolute atomic E-state index is 0.245. The summed E-state index contributed by atoms with van der Waals surface area (Å²) in [5.41, 5.74) is 0. The van der Waals surface area contributed by atoms with E-state index in [1.807, 2.05) is 4.90 Å². The third-order valence-corrected chi connectivity index (χ3v) is 5.14. The molecule has 3 aliphatic rings. The molecule has 1 atom stereocenters. The number of rotatable bonds is 4. The summed E-state index contributed by atoms with van der Waals surface area (Å²) >= 11 is 0. The molecule has 5 heteroatoms. The summed E-state index contributed by atoms with van der Waals surface area (Å²) in [5, 5.41) is 0. The van der Waals surface area contributed by atoms with E-state index >= 15 is 0 Å². The van der Waals surface area contributed by atoms with Crippen molar-refractivity contribution >= 4 is 5.91 Å². The van der Waals surface area contributed by atoms with Crippen LogP contribution in [0.15, 0.2) is 0 Å². The molecular weight excluding hydrogens is 268 g/mol. The molecule has 1 amide bonds. The summed E-state index contributed by atoms with van der Waals surface area (Å²) < 4.78 is 10.8. The largest absolute Gasteiger partial charge is 0.381 e. The highest BCUT2D eigenvalue weighted by molar-refractivity contribution is 5.79. The van der Waals surface area contributed by atoms with Gasteiger partial charge in [-0.15, -0.1) is 0 Å². The zero-order valence-corrected chi connectivity index (χ0v) is 13.0. The fourth-order valence-corrected chi connectivity index (χ4v) is 3.62. The van der Waals surface area contributed by atoms with Crippen LogP contribution in [0.3, 0.4) is 0 Å². The summed E-state index contributed by atoms with van der Waals surface area (Å²) in [6.07, 6.45) is 4.53. The van der Waals surface area contributed by atoms with Crippen molar-refractivity contribution in [2.45, 2.75) is 25.7 Å². The summed E-state index contributed by atoms with van der Waals surface area (Å²) in [6, 6.07) is 0. The van der Waals surface area contributed by atoms with Crippen molar-refractivity contribution in [3.63, 3.8) is 0 Å². The first-order chi connectivity index (χ1) is 10.3. The fourth-order valence-electron chi connectivity index (χ4n) is 3.62. The Bertz CT molecular complexity index is 330. The molecule has 0 unspecified atom stereocenters. The van der Waals surface area contributed by atoms with Crippen LogP contribution < -0.4 is 0 Å². The number of piperidine rings is 1. The SMILES string of the molecule is O=C(C1CCN(CC[C@@H]2CCOC2)CC1)N1CCOCC1. The van der Waals surface area contributed by atoms with E-state index < -0.39 is 0 Å². The van der Waals surface area contributed by atoms with Crippen molar-refractivity contribution in [2.24, 2.45) is 11.8 Å². The van der Waals surface area contributed by atoms with Crippen molar-refractivity contribution in [1.82, 2.24) is 9.80 Å². The maximum atomic E-state index is 12.5. The molecule has 0 bridgehead atoms. The zero-order valence-electron chi connectivity index (χ0n) is 13.0. The molecule has 0 aromatic heterocycles. The van der Waals surface area contributed by atoms with Gasteiger partial charge in [0, 0.05) is 32.2 Å². The summed E-state index contributed by atoms with van der Waals surface area (Å²) in [4.78, 5) is 17.0. The quantitative estimate of drug-likeness (QED) is 0.776. The summed E-state index contributed by atoms with van der Waals surface area (Å²) in [6.45, 7) is 8.19. The van der Waals surface area contributed by atoms with Crippen LogP contribution in [-0.4, -0.2) is 74.9 Å². The van der Waals surface area contributed by atoms with Gasteiger partial charge in [-0.05, 0) is 51.2 Å². The van der Waals surface area contributed by atoms with Crippen molar-refractivity contribution in [3.8, 4) is 0 Å². The Labute approximate surface area is 127 Å². The Morgan fingerprint density at radius 2 is 1.71 bits per heavy atom. The second-order valence-corrected chi connectivity index (χ2v) is 6.57. The van der Waals surface area contributed by atoms with Crippen LogP contribution in [0.4, 0.5) is 0 Å². The molecule has 120 valence electrons. The highest BCUT2D eigenvalue weighted by atomic mass is 16.5. The minimum Gasteiger partial charge on any atom is -0.381 e. The molecule has 3 saturated heterocycles. The van der Waals surface area contributed by atoms with E-state index in [1.54, 1.807) is 0 Å². The zero-order chi connectivity index (χ0) is 14.5. The van der Waals surface area contributed by atoms with Crippen LogP contribution in [-0.2, 0) is 14.3 Å². The van der Waals surface area contributed by atoms with Crippen LogP contribution in [0, 0.1) is 11.8 Å². The highest BCUT2D eigenvalue weighted by Gasteiger charge is 2.29. The molecule has 3 rings (SSSR count). The first-order valence-electron chi connectivity index (χ1n) is 8.49. The molecule has 3 aliphatic heterocycles. The Kier molecular flexibility index (Phi) is 5.49. The van der Waals surface area contributed by atoms with E-state index in [0.29, 0.717) is 19.1 Å². The summed E-state index contributed by atoms with van der Waals surface area (Å²) in [7, 11) is 0. The smallest absolute Gasteiger partial charge is 0.225 e. The normalized spacial score (nSPS) is 29.0. The molecule has 0 spiro atoms. The number of hydrogen-bond donors (Lipinski definition) is 0. The van der Waals surface area contributed by atoms with Crippen LogP contribution in [0.25, 0.3) is 0 Å². The number of morpholine rings is 1. The first kappa shape index (κ1) is 15.3. The number of carbonyl (C=O) groups excluding carboxylic acids is 1. The van der Waals surface area contributed by atoms with Gasteiger partial charge in [-0.1, -0.05) is 0 Å². The van der Waals surface area contributed by atoms with Gasteiger partial charge in [-0.25, -0.2) is 0 Å². The number of ether oxygens (including phenoxy) is 2. The van der Waals surface area contributed by atoms with Gasteiger partial charge >= 0.3 is 0 Å². The molecule has 3 fully saturated rings. The number of carbonyl (C=O) groups is 1. The Morgan fingerprint density at radius 1 is 0.952 bits per heavy atom. The van der Waals surface area contributed by atoms with Gasteiger partial charge in [-0.2, -0.15) is 0 Å². The molecule has 21 heavy (non-hydrogen) atoms. The lowest BCUT2D eigenvalue weighted by Gasteiger charge is -2.35. The van der Waals surface area contributed by atoms with E-state index in [-0.39, 0.29) is 5.92 Å². The average Bonchev–Trinajstić information content (AvgIpc) is 3.07. The van der Waals surface area contributed by atoms with Gasteiger partial charge in [0.05, 0.1) is 13.2 Å². The topological polar surface area (TPSA) is 42.0 Å². The van der Waals surface area contributed by atoms with Crippen molar-refractivity contribution in [3.05, 3.63) is 0 Å². The van der Waals surface area contributed by atoms with Gasteiger partial charge in [0.25, 0.3) is 0 Å². The number of likely N-dealkylation sites (tertiary alicyclic amines) is 1. The van der Waals surface area contributed by atoms with E-state index in [9.17, 15) is 4.79 Å². The standard InChI is InChI=1S/C16H28N2O3/c19-16(18-8-11-20-12-9-18)15-2-6-17(7-3-15)5-1-14-4-10-21-13-14/h14-15H,1-13H2/t14-/m1/s1. The lowest BCUT2D eigenvalue weighted by Crippen LogP contribution is -2.47. The number of amides is 1. The molecule has 0 aliphatic carbocycles. The lowest BCUT2D eigenvalue weighted by molar-refractivity contribution is -0.141. The van der Waals surface area contributed by atoms with Crippen LogP contribution in [0.2, 0.25) is 0 Å². The third-order valence-electron chi connectivity index (χ3n) is 5.14. The predicted molar refractivity (Wildman–Crippen MR) is 80.1 cm³/mol. The molecule has 0 saturated carbocycles. The number of nitrogens with zero attached hydrogens (tertiary/aromatic N) is 2. The average molecular weight is 296 g/mol. The Hall–Kier alpha value is -0.650. The van der Waals surface area contributed by atoms with Crippen LogP contribution in [0.5, 0.6) is 0 Å². The predicted octanol–water partition coefficient (Wildman–Crippen LogP) is 0.984. The van der Waals surface area contributed by atoms with E-state index in [1.165, 1.54) is 19.4 Å². The monoisotopic (exact) mass is 296 g/mol. The lowest BCUT2D eigenvalue weighted by atomic mass is 9.94. The van der Waals surface area contributed by atoms with Crippen molar-refractivity contribution in [1.29, 1.82) is 0 Å². The second-order valence-electron chi connectivity index (χ2n) is 6.57. The van der Waals surface area contributed by atoms with Gasteiger partial charge in [-0.3, -0.25) is 4.79 Å². The van der Waals surface area contributed by atoms with Crippen molar-refractivity contribution < 1.29 is 14.3 Å². The van der Waals surface area contributed by atoms with E-state index in [2.05, 4.69) is 4.90 Å². The molecule has 3 heterocycles. The van der Waals surface area contributed by atoms with Crippen LogP contribution in [0.1, 0.15) is 25.7 Å². The van der Waals surface area contributed by atoms with E-state index in [0.717, 1.165) is 58.2 Å². The summed E-state index contributed by atoms with van der Waals surface area (Å²) in [5.74, 6) is 1.37. The minimum atomic E-state index is 0.245. The van der Waals surface area contributed by atoms with Gasteiger partial charge in [0.15, 0.2) is 0 Å². The van der Waals surface area contributed by atoms with Gasteiger partial charge in [0.2, 0.25) is 5.91 Å². The second kappa shape index (κ2) is 7.56. The van der Waals surface area contributed by atoms with Gasteiger partial charge in [0.1, 0.15) is 0 Å². The van der Waals surface area contributed by atoms with Crippen molar-refractivity contribution in [2.75, 3.05) is 59.2 Å². The fraction of sp³-hybridized carbons (Fsp3) is 0.938. The maximum absolute atomic E-state index is 12.5. The van der Waals surface area contributed by atoms with Crippen LogP contribution >= 0.6 is 0 Å². The third kappa shape index (κ3) is 4.18. The Morgan fingerprint density at radius 3 is 2.38 bits per heavy atom. The van der Waals surface area contributed by atoms with Gasteiger partial charge < -0.3 is 19.3 Å². The number of hydrogen-bond acceptors (Lipinski definition) is 4. The molecule has 0 aromatic carbocycles. The first-order valence-corrected chi connectivity index (χ1v) is 8.49. The maximum Gasteiger partial charge on any atom is 0.225 e.